The van der Waals surface area contributed by atoms with E-state index in [1.807, 2.05) is 18.2 Å². The summed E-state index contributed by atoms with van der Waals surface area (Å²) in [5.41, 5.74) is 1.19. The minimum atomic E-state index is 0.502. The molecule has 0 fully saturated rings. The molecule has 1 atom stereocenters. The van der Waals surface area contributed by atoms with Crippen LogP contribution in [-0.2, 0) is 6.42 Å². The highest BCUT2D eigenvalue weighted by Gasteiger charge is 2.11. The fourth-order valence-corrected chi connectivity index (χ4v) is 2.34. The van der Waals surface area contributed by atoms with E-state index in [9.17, 15) is 0 Å². The molecule has 0 saturated carbocycles. The zero-order chi connectivity index (χ0) is 13.4. The molecule has 0 radical (unpaired) electrons. The van der Waals surface area contributed by atoms with Crippen molar-refractivity contribution < 1.29 is 4.74 Å². The molecule has 1 rings (SSSR count). The van der Waals surface area contributed by atoms with E-state index in [1.165, 1.54) is 18.4 Å². The second-order valence-electron chi connectivity index (χ2n) is 4.60. The van der Waals surface area contributed by atoms with Gasteiger partial charge in [0.15, 0.2) is 0 Å². The molecular weight excluding hydrogens is 246 g/mol. The van der Waals surface area contributed by atoms with Crippen molar-refractivity contribution in [2.24, 2.45) is 0 Å². The van der Waals surface area contributed by atoms with Crippen molar-refractivity contribution in [1.82, 2.24) is 5.32 Å². The van der Waals surface area contributed by atoms with Crippen molar-refractivity contribution in [3.8, 4) is 5.75 Å². The highest BCUT2D eigenvalue weighted by molar-refractivity contribution is 6.30. The third-order valence-corrected chi connectivity index (χ3v) is 3.26. The van der Waals surface area contributed by atoms with Gasteiger partial charge in [-0.05, 0) is 49.6 Å². The monoisotopic (exact) mass is 269 g/mol. The van der Waals surface area contributed by atoms with Crippen LogP contribution in [0.2, 0.25) is 5.02 Å². The lowest BCUT2D eigenvalue weighted by Crippen LogP contribution is -2.31. The third-order valence-electron chi connectivity index (χ3n) is 3.03. The van der Waals surface area contributed by atoms with E-state index in [1.54, 1.807) is 7.11 Å². The smallest absolute Gasteiger partial charge is 0.122 e. The summed E-state index contributed by atoms with van der Waals surface area (Å²) in [5, 5.41) is 4.37. The van der Waals surface area contributed by atoms with Crippen LogP contribution in [0.25, 0.3) is 0 Å². The van der Waals surface area contributed by atoms with Crippen LogP contribution in [0.3, 0.4) is 0 Å². The van der Waals surface area contributed by atoms with E-state index in [2.05, 4.69) is 19.2 Å². The molecule has 1 unspecified atom stereocenters. The lowest BCUT2D eigenvalue weighted by Gasteiger charge is -2.19. The summed E-state index contributed by atoms with van der Waals surface area (Å²) in [4.78, 5) is 0. The molecule has 0 bridgehead atoms. The Bertz CT molecular complexity index is 354. The third kappa shape index (κ3) is 4.87. The van der Waals surface area contributed by atoms with Crippen LogP contribution in [0.1, 0.15) is 38.7 Å². The normalized spacial score (nSPS) is 12.4. The van der Waals surface area contributed by atoms with E-state index in [0.717, 1.165) is 30.2 Å². The zero-order valence-electron chi connectivity index (χ0n) is 11.6. The minimum absolute atomic E-state index is 0.502. The standard InChI is InChI=1S/C15H24ClNO/c1-4-6-14(17-9-5-2)11-12-10-13(16)7-8-15(12)18-3/h7-8,10,14,17H,4-6,9,11H2,1-3H3. The largest absolute Gasteiger partial charge is 0.496 e. The molecule has 0 aromatic heterocycles. The van der Waals surface area contributed by atoms with Crippen molar-refractivity contribution in [3.63, 3.8) is 0 Å². The molecule has 0 aliphatic rings. The molecule has 0 aliphatic carbocycles. The second-order valence-corrected chi connectivity index (χ2v) is 5.04. The maximum atomic E-state index is 6.06. The number of benzene rings is 1. The Morgan fingerprint density at radius 1 is 1.28 bits per heavy atom. The quantitative estimate of drug-likeness (QED) is 0.768. The van der Waals surface area contributed by atoms with Gasteiger partial charge in [-0.3, -0.25) is 0 Å². The molecule has 0 heterocycles. The molecule has 0 saturated heterocycles. The van der Waals surface area contributed by atoms with Crippen LogP contribution < -0.4 is 10.1 Å². The zero-order valence-corrected chi connectivity index (χ0v) is 12.4. The number of nitrogens with one attached hydrogen (secondary N) is 1. The van der Waals surface area contributed by atoms with Crippen LogP contribution in [0.15, 0.2) is 18.2 Å². The topological polar surface area (TPSA) is 21.3 Å². The van der Waals surface area contributed by atoms with Gasteiger partial charge in [0.05, 0.1) is 7.11 Å². The Morgan fingerprint density at radius 3 is 2.67 bits per heavy atom. The lowest BCUT2D eigenvalue weighted by molar-refractivity contribution is 0.401. The van der Waals surface area contributed by atoms with Gasteiger partial charge in [0.2, 0.25) is 0 Å². The molecule has 2 nitrogen and oxygen atoms in total. The Morgan fingerprint density at radius 2 is 2.06 bits per heavy atom. The molecule has 1 aromatic carbocycles. The van der Waals surface area contributed by atoms with Crippen molar-refractivity contribution in [3.05, 3.63) is 28.8 Å². The van der Waals surface area contributed by atoms with Gasteiger partial charge in [-0.25, -0.2) is 0 Å². The van der Waals surface area contributed by atoms with Gasteiger partial charge < -0.3 is 10.1 Å². The summed E-state index contributed by atoms with van der Waals surface area (Å²) < 4.78 is 5.40. The number of rotatable bonds is 8. The first kappa shape index (κ1) is 15.3. The first-order valence-corrected chi connectivity index (χ1v) is 7.14. The van der Waals surface area contributed by atoms with Gasteiger partial charge in [0, 0.05) is 11.1 Å². The van der Waals surface area contributed by atoms with Gasteiger partial charge in [-0.2, -0.15) is 0 Å². The van der Waals surface area contributed by atoms with Gasteiger partial charge in [0.1, 0.15) is 5.75 Å². The first-order chi connectivity index (χ1) is 8.71. The van der Waals surface area contributed by atoms with E-state index in [4.69, 9.17) is 16.3 Å². The van der Waals surface area contributed by atoms with E-state index in [-0.39, 0.29) is 0 Å². The molecule has 0 spiro atoms. The van der Waals surface area contributed by atoms with Crippen molar-refractivity contribution in [2.45, 2.75) is 45.6 Å². The van der Waals surface area contributed by atoms with Crippen molar-refractivity contribution in [2.75, 3.05) is 13.7 Å². The minimum Gasteiger partial charge on any atom is -0.496 e. The molecule has 102 valence electrons. The fraction of sp³-hybridized carbons (Fsp3) is 0.600. The number of ether oxygens (including phenoxy) is 1. The molecule has 3 heteroatoms. The van der Waals surface area contributed by atoms with Crippen LogP contribution in [0.5, 0.6) is 5.75 Å². The predicted octanol–water partition coefficient (Wildman–Crippen LogP) is 4.06. The van der Waals surface area contributed by atoms with Gasteiger partial charge >= 0.3 is 0 Å². The SMILES string of the molecule is CCCNC(CCC)Cc1cc(Cl)ccc1OC. The van der Waals surface area contributed by atoms with Crippen LogP contribution in [-0.4, -0.2) is 19.7 Å². The average molecular weight is 270 g/mol. The summed E-state index contributed by atoms with van der Waals surface area (Å²) in [6, 6.07) is 6.33. The second kappa shape index (κ2) is 8.39. The van der Waals surface area contributed by atoms with Crippen molar-refractivity contribution >= 4 is 11.6 Å². The van der Waals surface area contributed by atoms with Crippen LogP contribution >= 0.6 is 11.6 Å². The number of hydrogen-bond acceptors (Lipinski definition) is 2. The van der Waals surface area contributed by atoms with E-state index in [0.29, 0.717) is 6.04 Å². The predicted molar refractivity (Wildman–Crippen MR) is 78.7 cm³/mol. The van der Waals surface area contributed by atoms with Crippen LogP contribution in [0, 0.1) is 0 Å². The van der Waals surface area contributed by atoms with Gasteiger partial charge in [-0.1, -0.05) is 31.9 Å². The summed E-state index contributed by atoms with van der Waals surface area (Å²) in [6.45, 7) is 5.47. The fourth-order valence-electron chi connectivity index (χ4n) is 2.15. The molecule has 0 amide bonds. The maximum absolute atomic E-state index is 6.06. The Kier molecular flexibility index (Phi) is 7.14. The summed E-state index contributed by atoms with van der Waals surface area (Å²) in [7, 11) is 1.71. The number of methoxy groups -OCH3 is 1. The van der Waals surface area contributed by atoms with Gasteiger partial charge in [-0.15, -0.1) is 0 Å². The Hall–Kier alpha value is -0.730. The Balaban J connectivity index is 2.74. The lowest BCUT2D eigenvalue weighted by atomic mass is 10.0. The highest BCUT2D eigenvalue weighted by Crippen LogP contribution is 2.24. The molecular formula is C15H24ClNO. The maximum Gasteiger partial charge on any atom is 0.122 e. The van der Waals surface area contributed by atoms with Gasteiger partial charge in [0.25, 0.3) is 0 Å². The first-order valence-electron chi connectivity index (χ1n) is 6.77. The number of hydrogen-bond donors (Lipinski definition) is 1. The summed E-state index contributed by atoms with van der Waals surface area (Å²) in [5.74, 6) is 0.929. The molecule has 18 heavy (non-hydrogen) atoms. The summed E-state index contributed by atoms with van der Waals surface area (Å²) in [6.07, 6.45) is 4.49. The number of halogens is 1. The Labute approximate surface area is 116 Å². The average Bonchev–Trinajstić information content (AvgIpc) is 2.36. The molecule has 1 aromatic rings. The van der Waals surface area contributed by atoms with Crippen molar-refractivity contribution in [1.29, 1.82) is 0 Å². The van der Waals surface area contributed by atoms with E-state index < -0.39 is 0 Å². The van der Waals surface area contributed by atoms with E-state index >= 15 is 0 Å². The van der Waals surface area contributed by atoms with Crippen LogP contribution in [0.4, 0.5) is 0 Å². The highest BCUT2D eigenvalue weighted by atomic mass is 35.5. The molecule has 1 N–H and O–H groups in total. The molecule has 0 aliphatic heterocycles. The summed E-state index contributed by atoms with van der Waals surface area (Å²) >= 11 is 6.06.